The van der Waals surface area contributed by atoms with Gasteiger partial charge in [-0.25, -0.2) is 0 Å². The van der Waals surface area contributed by atoms with E-state index < -0.39 is 0 Å². The topological polar surface area (TPSA) is 50.9 Å². The molecule has 0 spiro atoms. The summed E-state index contributed by atoms with van der Waals surface area (Å²) in [7, 11) is 0. The molecular formula is C22H21Cl2N3. The van der Waals surface area contributed by atoms with Crippen LogP contribution in [0.1, 0.15) is 36.9 Å². The van der Waals surface area contributed by atoms with Crippen molar-refractivity contribution in [2.45, 2.75) is 25.8 Å². The molecule has 0 fully saturated rings. The van der Waals surface area contributed by atoms with Crippen LogP contribution in [0.15, 0.2) is 54.7 Å². The van der Waals surface area contributed by atoms with Gasteiger partial charge in [0, 0.05) is 44.5 Å². The number of rotatable bonds is 4. The molecule has 2 heterocycles. The summed E-state index contributed by atoms with van der Waals surface area (Å²) in [6.07, 6.45) is 6.39. The molecule has 0 radical (unpaired) electrons. The third kappa shape index (κ3) is 3.62. The van der Waals surface area contributed by atoms with Gasteiger partial charge in [0.15, 0.2) is 0 Å². The van der Waals surface area contributed by atoms with Crippen molar-refractivity contribution in [1.29, 1.82) is 0 Å². The molecule has 0 saturated carbocycles. The van der Waals surface area contributed by atoms with E-state index in [0.29, 0.717) is 16.0 Å². The van der Waals surface area contributed by atoms with Crippen LogP contribution in [0.5, 0.6) is 0 Å². The van der Waals surface area contributed by atoms with Crippen molar-refractivity contribution in [3.8, 4) is 0 Å². The van der Waals surface area contributed by atoms with Gasteiger partial charge in [-0.1, -0.05) is 54.8 Å². The molecule has 0 saturated heterocycles. The molecule has 138 valence electrons. The molecule has 2 aromatic carbocycles. The molecule has 1 aromatic heterocycles. The largest absolute Gasteiger partial charge is 0.399 e. The Morgan fingerprint density at radius 3 is 2.74 bits per heavy atom. The zero-order valence-electron chi connectivity index (χ0n) is 15.0. The number of benzene rings is 2. The predicted molar refractivity (Wildman–Crippen MR) is 115 cm³/mol. The molecule has 5 heteroatoms. The number of anilines is 1. The Morgan fingerprint density at radius 2 is 1.96 bits per heavy atom. The lowest BCUT2D eigenvalue weighted by Gasteiger charge is -2.22. The maximum absolute atomic E-state index is 6.49. The summed E-state index contributed by atoms with van der Waals surface area (Å²) in [6.45, 7) is 2.20. The number of hydrogen-bond acceptors (Lipinski definition) is 3. The Balaban J connectivity index is 1.69. The maximum atomic E-state index is 6.49. The van der Waals surface area contributed by atoms with Crippen molar-refractivity contribution >= 4 is 45.5 Å². The van der Waals surface area contributed by atoms with Gasteiger partial charge in [-0.3, -0.25) is 4.98 Å². The van der Waals surface area contributed by atoms with Gasteiger partial charge in [0.05, 0.1) is 11.6 Å². The summed E-state index contributed by atoms with van der Waals surface area (Å²) < 4.78 is 0. The minimum absolute atomic E-state index is 0.131. The highest BCUT2D eigenvalue weighted by Crippen LogP contribution is 2.40. The molecule has 0 aliphatic carbocycles. The Kier molecular flexibility index (Phi) is 4.98. The van der Waals surface area contributed by atoms with Crippen LogP contribution in [-0.4, -0.2) is 4.98 Å². The summed E-state index contributed by atoms with van der Waals surface area (Å²) in [5, 5.41) is 6.09. The number of aromatic nitrogens is 1. The molecule has 4 rings (SSSR count). The number of halogens is 2. The lowest BCUT2D eigenvalue weighted by molar-refractivity contribution is 0.469. The van der Waals surface area contributed by atoms with E-state index in [2.05, 4.69) is 29.4 Å². The van der Waals surface area contributed by atoms with Crippen LogP contribution in [-0.2, 0) is 0 Å². The van der Waals surface area contributed by atoms with E-state index in [4.69, 9.17) is 28.9 Å². The number of fused-ring (bicyclic) bond motifs is 1. The Labute approximate surface area is 169 Å². The van der Waals surface area contributed by atoms with Crippen molar-refractivity contribution < 1.29 is 0 Å². The van der Waals surface area contributed by atoms with Crippen molar-refractivity contribution in [2.75, 3.05) is 5.73 Å². The normalized spacial score (nSPS) is 19.1. The summed E-state index contributed by atoms with van der Waals surface area (Å²) in [4.78, 5) is 4.58. The fraction of sp³-hybridized carbons (Fsp3) is 0.227. The molecule has 3 aromatic rings. The SMILES string of the molecule is CCCC1C=C(c2cnc3cc(N)ccc3c2)NC1c1ccc(Cl)cc1Cl. The predicted octanol–water partition coefficient (Wildman–Crippen LogP) is 6.23. The first-order chi connectivity index (χ1) is 13.0. The van der Waals surface area contributed by atoms with E-state index in [0.717, 1.165) is 46.3 Å². The molecule has 0 bridgehead atoms. The van der Waals surface area contributed by atoms with Crippen LogP contribution in [0, 0.1) is 5.92 Å². The number of nitrogens with zero attached hydrogens (tertiary/aromatic N) is 1. The molecule has 2 atom stereocenters. The van der Waals surface area contributed by atoms with Gasteiger partial charge < -0.3 is 11.1 Å². The highest BCUT2D eigenvalue weighted by Gasteiger charge is 2.30. The van der Waals surface area contributed by atoms with Gasteiger partial charge in [-0.2, -0.15) is 0 Å². The number of nitrogen functional groups attached to an aromatic ring is 1. The van der Waals surface area contributed by atoms with Crippen molar-refractivity contribution in [3.05, 3.63) is 75.9 Å². The minimum atomic E-state index is 0.131. The van der Waals surface area contributed by atoms with Crippen LogP contribution >= 0.6 is 23.2 Å². The lowest BCUT2D eigenvalue weighted by Crippen LogP contribution is -2.20. The Morgan fingerprint density at radius 1 is 1.11 bits per heavy atom. The number of nitrogens with one attached hydrogen (secondary N) is 1. The monoisotopic (exact) mass is 397 g/mol. The quantitative estimate of drug-likeness (QED) is 0.513. The highest BCUT2D eigenvalue weighted by atomic mass is 35.5. The van der Waals surface area contributed by atoms with Crippen LogP contribution in [0.2, 0.25) is 10.0 Å². The first-order valence-electron chi connectivity index (χ1n) is 9.14. The summed E-state index contributed by atoms with van der Waals surface area (Å²) >= 11 is 12.6. The molecule has 3 nitrogen and oxygen atoms in total. The summed E-state index contributed by atoms with van der Waals surface area (Å²) in [6, 6.07) is 13.8. The van der Waals surface area contributed by atoms with Gasteiger partial charge in [0.25, 0.3) is 0 Å². The number of hydrogen-bond donors (Lipinski definition) is 2. The molecule has 0 amide bonds. The number of nitrogens with two attached hydrogens (primary N) is 1. The fourth-order valence-electron chi connectivity index (χ4n) is 3.74. The highest BCUT2D eigenvalue weighted by molar-refractivity contribution is 6.35. The molecule has 27 heavy (non-hydrogen) atoms. The van der Waals surface area contributed by atoms with E-state index in [9.17, 15) is 0 Å². The second-order valence-corrected chi connectivity index (χ2v) is 7.84. The standard InChI is InChI=1S/C22H21Cl2N3/c1-2-3-14-9-21(27-22(14)18-7-5-16(23)10-19(18)24)15-8-13-4-6-17(25)11-20(13)26-12-15/h4-12,14,22,27H,2-3,25H2,1H3. The molecule has 1 aliphatic rings. The van der Waals surface area contributed by atoms with Gasteiger partial charge in [0.2, 0.25) is 0 Å². The summed E-state index contributed by atoms with van der Waals surface area (Å²) in [5.74, 6) is 0.366. The Bertz CT molecular complexity index is 1030. The second-order valence-electron chi connectivity index (χ2n) is 7.00. The van der Waals surface area contributed by atoms with Crippen LogP contribution in [0.25, 0.3) is 16.6 Å². The van der Waals surface area contributed by atoms with Crippen molar-refractivity contribution in [3.63, 3.8) is 0 Å². The van der Waals surface area contributed by atoms with E-state index in [1.165, 1.54) is 0 Å². The smallest absolute Gasteiger partial charge is 0.0722 e. The fourth-order valence-corrected chi connectivity index (χ4v) is 4.27. The number of pyridine rings is 1. The molecular weight excluding hydrogens is 377 g/mol. The van der Waals surface area contributed by atoms with E-state index in [1.807, 2.05) is 42.6 Å². The first-order valence-corrected chi connectivity index (χ1v) is 9.89. The molecule has 1 aliphatic heterocycles. The van der Waals surface area contributed by atoms with Crippen LogP contribution < -0.4 is 11.1 Å². The van der Waals surface area contributed by atoms with Gasteiger partial charge >= 0.3 is 0 Å². The van der Waals surface area contributed by atoms with Crippen molar-refractivity contribution in [1.82, 2.24) is 10.3 Å². The van der Waals surface area contributed by atoms with Crippen LogP contribution in [0.3, 0.4) is 0 Å². The van der Waals surface area contributed by atoms with Gasteiger partial charge in [0.1, 0.15) is 0 Å². The van der Waals surface area contributed by atoms with E-state index >= 15 is 0 Å². The van der Waals surface area contributed by atoms with Gasteiger partial charge in [-0.05, 0) is 42.3 Å². The molecule has 3 N–H and O–H groups in total. The molecule has 2 unspecified atom stereocenters. The zero-order valence-corrected chi connectivity index (χ0v) is 16.6. The summed E-state index contributed by atoms with van der Waals surface area (Å²) in [5.41, 5.74) is 10.7. The Hall–Kier alpha value is -2.23. The average molecular weight is 398 g/mol. The second kappa shape index (κ2) is 7.41. The van der Waals surface area contributed by atoms with Gasteiger partial charge in [-0.15, -0.1) is 0 Å². The van der Waals surface area contributed by atoms with Crippen molar-refractivity contribution in [2.24, 2.45) is 5.92 Å². The average Bonchev–Trinajstić information content (AvgIpc) is 3.05. The van der Waals surface area contributed by atoms with E-state index in [-0.39, 0.29) is 6.04 Å². The minimum Gasteiger partial charge on any atom is -0.399 e. The van der Waals surface area contributed by atoms with E-state index in [1.54, 1.807) is 0 Å². The van der Waals surface area contributed by atoms with Crippen LogP contribution in [0.4, 0.5) is 5.69 Å². The third-order valence-electron chi connectivity index (χ3n) is 5.06. The third-order valence-corrected chi connectivity index (χ3v) is 5.62. The first kappa shape index (κ1) is 18.1. The lowest BCUT2D eigenvalue weighted by atomic mass is 9.91. The zero-order chi connectivity index (χ0) is 19.0. The maximum Gasteiger partial charge on any atom is 0.0722 e.